The minimum absolute atomic E-state index is 0.105. The van der Waals surface area contributed by atoms with E-state index in [0.29, 0.717) is 5.56 Å². The molecule has 1 aliphatic rings. The van der Waals surface area contributed by atoms with Crippen LogP contribution in [0.4, 0.5) is 5.69 Å². The van der Waals surface area contributed by atoms with Crippen LogP contribution in [0.5, 0.6) is 0 Å². The van der Waals surface area contributed by atoms with Crippen molar-refractivity contribution in [1.82, 2.24) is 4.98 Å². The highest BCUT2D eigenvalue weighted by Gasteiger charge is 2.31. The van der Waals surface area contributed by atoms with E-state index in [1.807, 2.05) is 24.3 Å². The zero-order chi connectivity index (χ0) is 15.0. The summed E-state index contributed by atoms with van der Waals surface area (Å²) in [5, 5.41) is 13.2. The topological polar surface area (TPSA) is 74.7 Å². The van der Waals surface area contributed by atoms with E-state index < -0.39 is 0 Å². The quantitative estimate of drug-likeness (QED) is 0.385. The van der Waals surface area contributed by atoms with Crippen LogP contribution in [0.15, 0.2) is 35.6 Å². The molecule has 0 radical (unpaired) electrons. The van der Waals surface area contributed by atoms with Crippen molar-refractivity contribution in [3.63, 3.8) is 0 Å². The molecular weight excluding hydrogens is 264 g/mol. The Hall–Kier alpha value is -2.30. The number of oxime groups is 1. The summed E-state index contributed by atoms with van der Waals surface area (Å²) in [5.41, 5.74) is 8.75. The smallest absolute Gasteiger partial charge is 0.173 e. The molecule has 1 aromatic heterocycles. The Morgan fingerprint density at radius 2 is 2.14 bits per heavy atom. The van der Waals surface area contributed by atoms with Gasteiger partial charge < -0.3 is 15.8 Å². The summed E-state index contributed by atoms with van der Waals surface area (Å²) in [5.74, 6) is 0.105. The van der Waals surface area contributed by atoms with E-state index in [9.17, 15) is 0 Å². The van der Waals surface area contributed by atoms with Gasteiger partial charge in [-0.25, -0.2) is 0 Å². The van der Waals surface area contributed by atoms with Crippen LogP contribution in [-0.4, -0.2) is 29.1 Å². The molecule has 3 rings (SSSR count). The van der Waals surface area contributed by atoms with Gasteiger partial charge in [-0.05, 0) is 17.9 Å². The molecule has 1 aliphatic heterocycles. The normalized spacial score (nSPS) is 18.4. The number of rotatable bonds is 2. The number of nitrogens with two attached hydrogens (primary N) is 1. The van der Waals surface area contributed by atoms with Crippen LogP contribution < -0.4 is 10.6 Å². The molecule has 3 N–H and O–H groups in total. The van der Waals surface area contributed by atoms with Gasteiger partial charge in [-0.1, -0.05) is 37.2 Å². The van der Waals surface area contributed by atoms with Gasteiger partial charge in [0.15, 0.2) is 5.84 Å². The standard InChI is InChI=1S/C16H20N4O/c1-16(2)7-8-20(10-16)14-11-5-3-4-6-13(11)18-9-12(14)15(17)19-21/h3-6,9,21H,7-8,10H2,1-2H3,(H2,17,19). The van der Waals surface area contributed by atoms with Crippen LogP contribution in [0.3, 0.4) is 0 Å². The SMILES string of the molecule is CC1(C)CCN(c2c(/C(N)=N/O)cnc3ccccc23)C1. The summed E-state index contributed by atoms with van der Waals surface area (Å²) in [6, 6.07) is 7.98. The van der Waals surface area contributed by atoms with Gasteiger partial charge in [0.25, 0.3) is 0 Å². The average molecular weight is 284 g/mol. The molecule has 2 heterocycles. The first-order chi connectivity index (χ1) is 10.0. The Bertz CT molecular complexity index is 708. The van der Waals surface area contributed by atoms with Crippen LogP contribution in [0.2, 0.25) is 0 Å². The summed E-state index contributed by atoms with van der Waals surface area (Å²) in [6.07, 6.45) is 2.82. The van der Waals surface area contributed by atoms with Gasteiger partial charge in [0.1, 0.15) is 0 Å². The Kier molecular flexibility index (Phi) is 3.20. The van der Waals surface area contributed by atoms with Crippen molar-refractivity contribution < 1.29 is 5.21 Å². The molecule has 2 aromatic rings. The number of pyridine rings is 1. The molecule has 0 saturated carbocycles. The molecule has 0 amide bonds. The van der Waals surface area contributed by atoms with Crippen LogP contribution in [0.1, 0.15) is 25.8 Å². The number of nitrogens with zero attached hydrogens (tertiary/aromatic N) is 3. The van der Waals surface area contributed by atoms with E-state index in [4.69, 9.17) is 10.9 Å². The van der Waals surface area contributed by atoms with Gasteiger partial charge >= 0.3 is 0 Å². The lowest BCUT2D eigenvalue weighted by molar-refractivity contribution is 0.318. The molecule has 21 heavy (non-hydrogen) atoms. The van der Waals surface area contributed by atoms with Gasteiger partial charge in [0.2, 0.25) is 0 Å². The summed E-state index contributed by atoms with van der Waals surface area (Å²) in [7, 11) is 0. The third-order valence-corrected chi connectivity index (χ3v) is 4.12. The first kappa shape index (κ1) is 13.7. The van der Waals surface area contributed by atoms with Gasteiger partial charge in [-0.15, -0.1) is 0 Å². The maximum Gasteiger partial charge on any atom is 0.173 e. The first-order valence-corrected chi connectivity index (χ1v) is 7.12. The highest BCUT2D eigenvalue weighted by Crippen LogP contribution is 2.37. The number of fused-ring (bicyclic) bond motifs is 1. The largest absolute Gasteiger partial charge is 0.409 e. The molecule has 0 aliphatic carbocycles. The highest BCUT2D eigenvalue weighted by molar-refractivity contribution is 6.08. The van der Waals surface area contributed by atoms with Crippen molar-refractivity contribution in [3.8, 4) is 0 Å². The van der Waals surface area contributed by atoms with Crippen molar-refractivity contribution in [2.45, 2.75) is 20.3 Å². The van der Waals surface area contributed by atoms with Crippen molar-refractivity contribution >= 4 is 22.4 Å². The molecule has 0 spiro atoms. The Morgan fingerprint density at radius 1 is 1.38 bits per heavy atom. The molecule has 5 nitrogen and oxygen atoms in total. The summed E-state index contributed by atoms with van der Waals surface area (Å²) in [6.45, 7) is 6.44. The Balaban J connectivity index is 2.22. The number of para-hydroxylation sites is 1. The molecule has 1 saturated heterocycles. The molecule has 5 heteroatoms. The van der Waals surface area contributed by atoms with Crippen molar-refractivity contribution in [1.29, 1.82) is 0 Å². The van der Waals surface area contributed by atoms with Crippen LogP contribution in [-0.2, 0) is 0 Å². The Labute approximate surface area is 124 Å². The van der Waals surface area contributed by atoms with Gasteiger partial charge in [0.05, 0.1) is 16.8 Å². The fourth-order valence-corrected chi connectivity index (χ4v) is 3.01. The van der Waals surface area contributed by atoms with E-state index in [1.54, 1.807) is 6.20 Å². The lowest BCUT2D eigenvalue weighted by Crippen LogP contribution is -2.27. The molecule has 0 bridgehead atoms. The first-order valence-electron chi connectivity index (χ1n) is 7.12. The summed E-state index contributed by atoms with van der Waals surface area (Å²) >= 11 is 0. The number of anilines is 1. The fraction of sp³-hybridized carbons (Fsp3) is 0.375. The minimum Gasteiger partial charge on any atom is -0.409 e. The summed E-state index contributed by atoms with van der Waals surface area (Å²) in [4.78, 5) is 6.74. The van der Waals surface area contributed by atoms with Crippen LogP contribution >= 0.6 is 0 Å². The van der Waals surface area contributed by atoms with E-state index in [0.717, 1.165) is 36.1 Å². The van der Waals surface area contributed by atoms with Crippen molar-refractivity contribution in [3.05, 3.63) is 36.0 Å². The van der Waals surface area contributed by atoms with E-state index in [-0.39, 0.29) is 11.3 Å². The second-order valence-corrected chi connectivity index (χ2v) is 6.36. The Morgan fingerprint density at radius 3 is 2.81 bits per heavy atom. The minimum atomic E-state index is 0.105. The average Bonchev–Trinajstić information content (AvgIpc) is 2.85. The van der Waals surface area contributed by atoms with Crippen molar-refractivity contribution in [2.75, 3.05) is 18.0 Å². The number of hydrogen-bond donors (Lipinski definition) is 2. The van der Waals surface area contributed by atoms with Gasteiger partial charge in [-0.3, -0.25) is 4.98 Å². The molecule has 0 unspecified atom stereocenters. The van der Waals surface area contributed by atoms with E-state index >= 15 is 0 Å². The maximum absolute atomic E-state index is 9.05. The third-order valence-electron chi connectivity index (χ3n) is 4.12. The second-order valence-electron chi connectivity index (χ2n) is 6.36. The lowest BCUT2D eigenvalue weighted by Gasteiger charge is -2.25. The van der Waals surface area contributed by atoms with E-state index in [2.05, 4.69) is 28.9 Å². The fourth-order valence-electron chi connectivity index (χ4n) is 3.01. The van der Waals surface area contributed by atoms with Crippen LogP contribution in [0.25, 0.3) is 10.9 Å². The molecule has 1 fully saturated rings. The number of hydrogen-bond acceptors (Lipinski definition) is 4. The van der Waals surface area contributed by atoms with Crippen LogP contribution in [0, 0.1) is 5.41 Å². The molecular formula is C16H20N4O. The predicted octanol–water partition coefficient (Wildman–Crippen LogP) is 2.57. The number of benzene rings is 1. The zero-order valence-corrected chi connectivity index (χ0v) is 12.4. The highest BCUT2D eigenvalue weighted by atomic mass is 16.4. The van der Waals surface area contributed by atoms with Gasteiger partial charge in [0, 0.05) is 24.7 Å². The zero-order valence-electron chi connectivity index (χ0n) is 12.4. The van der Waals surface area contributed by atoms with Gasteiger partial charge in [-0.2, -0.15) is 0 Å². The second kappa shape index (κ2) is 4.91. The van der Waals surface area contributed by atoms with Crippen molar-refractivity contribution in [2.24, 2.45) is 16.3 Å². The molecule has 0 atom stereocenters. The third kappa shape index (κ3) is 2.39. The number of aromatic nitrogens is 1. The summed E-state index contributed by atoms with van der Waals surface area (Å²) < 4.78 is 0. The lowest BCUT2D eigenvalue weighted by atomic mass is 9.93. The maximum atomic E-state index is 9.05. The molecule has 110 valence electrons. The monoisotopic (exact) mass is 284 g/mol. The van der Waals surface area contributed by atoms with E-state index in [1.165, 1.54) is 0 Å². The molecule has 1 aromatic carbocycles. The predicted molar refractivity (Wildman–Crippen MR) is 84.9 cm³/mol. The number of amidine groups is 1.